The fourth-order valence-corrected chi connectivity index (χ4v) is 3.60. The van der Waals surface area contributed by atoms with Gasteiger partial charge >= 0.3 is 11.7 Å². The van der Waals surface area contributed by atoms with E-state index in [9.17, 15) is 31.1 Å². The van der Waals surface area contributed by atoms with Crippen LogP contribution >= 0.6 is 11.8 Å². The molecule has 2 aromatic heterocycles. The van der Waals surface area contributed by atoms with Crippen molar-refractivity contribution in [2.24, 2.45) is 0 Å². The van der Waals surface area contributed by atoms with Gasteiger partial charge in [0.25, 0.3) is 5.91 Å². The molecule has 5 nitrogen and oxygen atoms in total. The Morgan fingerprint density at radius 1 is 0.967 bits per heavy atom. The second-order valence-corrected chi connectivity index (χ2v) is 7.49. The Balaban J connectivity index is 1.71. The molecule has 30 heavy (non-hydrogen) atoms. The van der Waals surface area contributed by atoms with Crippen molar-refractivity contribution in [2.45, 2.75) is 23.1 Å². The molecule has 1 saturated heterocycles. The molecule has 3 rings (SSSR count). The largest absolute Gasteiger partial charge is 0.447 e. The third-order valence-electron chi connectivity index (χ3n) is 4.40. The van der Waals surface area contributed by atoms with Crippen LogP contribution in [0.1, 0.15) is 22.3 Å². The Morgan fingerprint density at radius 3 is 2.37 bits per heavy atom. The van der Waals surface area contributed by atoms with Gasteiger partial charge in [0.2, 0.25) is 0 Å². The molecular formula is C18H16F6N4OS. The normalized spacial score (nSPS) is 15.8. The average molecular weight is 450 g/mol. The fraction of sp³-hybridized carbons (Fsp3) is 0.389. The topological polar surface area (TPSA) is 49.3 Å². The van der Waals surface area contributed by atoms with E-state index in [4.69, 9.17) is 0 Å². The average Bonchev–Trinajstić information content (AvgIpc) is 2.92. The zero-order valence-electron chi connectivity index (χ0n) is 15.4. The molecule has 3 heterocycles. The minimum Gasteiger partial charge on any atom is -0.355 e. The standard InChI is InChI=1S/C18H16F6N4OS/c19-17(20,21)12-4-5-14(26-11-12)27-7-2-8-28(10-9-27)16(29)13-3-1-6-25-15(13)30-18(22,23)24/h1,3-6,11H,2,7-10H2. The summed E-state index contributed by atoms with van der Waals surface area (Å²) in [5, 5.41) is -0.416. The van der Waals surface area contributed by atoms with Crippen LogP contribution in [-0.4, -0.2) is 52.5 Å². The summed E-state index contributed by atoms with van der Waals surface area (Å²) >= 11 is -0.445. The second-order valence-electron chi connectivity index (χ2n) is 6.44. The van der Waals surface area contributed by atoms with Crippen LogP contribution in [0.5, 0.6) is 0 Å². The van der Waals surface area contributed by atoms with Gasteiger partial charge in [-0.3, -0.25) is 4.79 Å². The summed E-state index contributed by atoms with van der Waals surface area (Å²) in [6.45, 7) is 1.21. The number of halogens is 6. The van der Waals surface area contributed by atoms with Crippen LogP contribution in [0.25, 0.3) is 0 Å². The zero-order valence-corrected chi connectivity index (χ0v) is 16.2. The Hall–Kier alpha value is -2.50. The second kappa shape index (κ2) is 8.70. The Labute approximate surface area is 172 Å². The van der Waals surface area contributed by atoms with Crippen molar-refractivity contribution in [3.8, 4) is 0 Å². The number of pyridine rings is 2. The summed E-state index contributed by atoms with van der Waals surface area (Å²) in [4.78, 5) is 23.5. The van der Waals surface area contributed by atoms with Crippen molar-refractivity contribution in [1.29, 1.82) is 0 Å². The van der Waals surface area contributed by atoms with Gasteiger partial charge in [0, 0.05) is 50.3 Å². The number of alkyl halides is 6. The van der Waals surface area contributed by atoms with Crippen molar-refractivity contribution >= 4 is 23.5 Å². The molecule has 0 bridgehead atoms. The highest BCUT2D eigenvalue weighted by atomic mass is 32.2. The number of rotatable bonds is 3. The summed E-state index contributed by atoms with van der Waals surface area (Å²) < 4.78 is 76.3. The summed E-state index contributed by atoms with van der Waals surface area (Å²) in [6, 6.07) is 4.89. The lowest BCUT2D eigenvalue weighted by molar-refractivity contribution is -0.137. The number of hydrogen-bond acceptors (Lipinski definition) is 5. The van der Waals surface area contributed by atoms with Crippen molar-refractivity contribution in [3.63, 3.8) is 0 Å². The smallest absolute Gasteiger partial charge is 0.355 e. The van der Waals surface area contributed by atoms with E-state index in [1.54, 1.807) is 4.90 Å². The number of thioether (sulfide) groups is 1. The molecule has 1 fully saturated rings. The number of nitrogens with zero attached hydrogens (tertiary/aromatic N) is 4. The molecule has 0 saturated carbocycles. The predicted octanol–water partition coefficient (Wildman–Crippen LogP) is 4.46. The molecule has 0 radical (unpaired) electrons. The third-order valence-corrected chi connectivity index (χ3v) is 5.15. The van der Waals surface area contributed by atoms with Gasteiger partial charge < -0.3 is 9.80 Å². The van der Waals surface area contributed by atoms with Crippen molar-refractivity contribution < 1.29 is 31.1 Å². The lowest BCUT2D eigenvalue weighted by Gasteiger charge is -2.23. The van der Waals surface area contributed by atoms with Crippen LogP contribution in [-0.2, 0) is 6.18 Å². The molecule has 12 heteroatoms. The molecule has 0 spiro atoms. The van der Waals surface area contributed by atoms with Crippen LogP contribution in [0.15, 0.2) is 41.7 Å². The van der Waals surface area contributed by atoms with Crippen molar-refractivity contribution in [2.75, 3.05) is 31.1 Å². The maximum Gasteiger partial charge on any atom is 0.447 e. The van der Waals surface area contributed by atoms with Gasteiger partial charge in [0.05, 0.1) is 11.1 Å². The molecule has 0 aliphatic carbocycles. The SMILES string of the molecule is O=C(c1cccnc1SC(F)(F)F)N1CCCN(c2ccc(C(F)(F)F)cn2)CC1. The first kappa shape index (κ1) is 22.2. The van der Waals surface area contributed by atoms with Gasteiger partial charge in [0.15, 0.2) is 0 Å². The molecule has 1 aliphatic rings. The molecule has 0 aromatic carbocycles. The Bertz CT molecular complexity index is 887. The van der Waals surface area contributed by atoms with E-state index in [0.717, 1.165) is 12.3 Å². The van der Waals surface area contributed by atoms with Crippen molar-refractivity contribution in [1.82, 2.24) is 14.9 Å². The van der Waals surface area contributed by atoms with Crippen LogP contribution in [0.3, 0.4) is 0 Å². The summed E-state index contributed by atoms with van der Waals surface area (Å²) in [6.07, 6.45) is -2.06. The maximum atomic E-state index is 12.8. The van der Waals surface area contributed by atoms with Gasteiger partial charge in [-0.1, -0.05) is 0 Å². The fourth-order valence-electron chi connectivity index (χ4n) is 3.01. The van der Waals surface area contributed by atoms with Crippen LogP contribution in [0.4, 0.5) is 32.2 Å². The van der Waals surface area contributed by atoms with E-state index in [0.29, 0.717) is 25.3 Å². The molecule has 0 atom stereocenters. The minimum absolute atomic E-state index is 0.138. The summed E-state index contributed by atoms with van der Waals surface area (Å²) in [5.41, 5.74) is -5.57. The third kappa shape index (κ3) is 5.55. The Kier molecular flexibility index (Phi) is 6.44. The molecule has 162 valence electrons. The lowest BCUT2D eigenvalue weighted by Crippen LogP contribution is -2.35. The molecule has 1 amide bonds. The summed E-state index contributed by atoms with van der Waals surface area (Å²) in [5.74, 6) is -0.232. The van der Waals surface area contributed by atoms with E-state index in [1.807, 2.05) is 0 Å². The van der Waals surface area contributed by atoms with Gasteiger partial charge in [-0.05, 0) is 30.7 Å². The minimum atomic E-state index is -4.58. The first-order valence-electron chi connectivity index (χ1n) is 8.83. The van der Waals surface area contributed by atoms with Crippen LogP contribution in [0, 0.1) is 0 Å². The quantitative estimate of drug-likeness (QED) is 0.511. The highest BCUT2D eigenvalue weighted by Gasteiger charge is 2.34. The number of hydrogen-bond donors (Lipinski definition) is 0. The van der Waals surface area contributed by atoms with E-state index in [1.165, 1.54) is 29.3 Å². The van der Waals surface area contributed by atoms with E-state index in [2.05, 4.69) is 9.97 Å². The molecule has 2 aromatic rings. The zero-order chi connectivity index (χ0) is 21.9. The molecule has 0 N–H and O–H groups in total. The van der Waals surface area contributed by atoms with E-state index >= 15 is 0 Å². The number of aromatic nitrogens is 2. The highest BCUT2D eigenvalue weighted by Crippen LogP contribution is 2.37. The first-order chi connectivity index (χ1) is 14.0. The van der Waals surface area contributed by atoms with Gasteiger partial charge in [-0.2, -0.15) is 26.3 Å². The highest BCUT2D eigenvalue weighted by molar-refractivity contribution is 8.00. The molecular weight excluding hydrogens is 434 g/mol. The van der Waals surface area contributed by atoms with Crippen molar-refractivity contribution in [3.05, 3.63) is 47.8 Å². The molecule has 1 aliphatic heterocycles. The number of carbonyl (C=O) groups is 1. The molecule has 0 unspecified atom stereocenters. The van der Waals surface area contributed by atoms with E-state index in [-0.39, 0.29) is 18.7 Å². The van der Waals surface area contributed by atoms with Crippen LogP contribution < -0.4 is 4.90 Å². The maximum absolute atomic E-state index is 12.8. The van der Waals surface area contributed by atoms with Gasteiger partial charge in [0.1, 0.15) is 10.8 Å². The lowest BCUT2D eigenvalue weighted by atomic mass is 10.2. The van der Waals surface area contributed by atoms with E-state index < -0.39 is 39.9 Å². The Morgan fingerprint density at radius 2 is 1.73 bits per heavy atom. The number of carbonyl (C=O) groups excluding carboxylic acids is 1. The number of amides is 1. The van der Waals surface area contributed by atoms with Crippen LogP contribution in [0.2, 0.25) is 0 Å². The number of anilines is 1. The van der Waals surface area contributed by atoms with Gasteiger partial charge in [-0.25, -0.2) is 9.97 Å². The van der Waals surface area contributed by atoms with Gasteiger partial charge in [-0.15, -0.1) is 0 Å². The monoisotopic (exact) mass is 450 g/mol. The predicted molar refractivity (Wildman–Crippen MR) is 98.1 cm³/mol. The summed E-state index contributed by atoms with van der Waals surface area (Å²) in [7, 11) is 0. The first-order valence-corrected chi connectivity index (χ1v) is 9.64.